The fourth-order valence-electron chi connectivity index (χ4n) is 1.61. The zero-order valence-corrected chi connectivity index (χ0v) is 12.0. The first-order valence-electron chi connectivity index (χ1n) is 6.41. The van der Waals surface area contributed by atoms with E-state index in [9.17, 15) is 4.79 Å². The van der Waals surface area contributed by atoms with Crippen LogP contribution in [0.4, 0.5) is 10.9 Å². The lowest BCUT2D eigenvalue weighted by atomic mass is 10.2. The summed E-state index contributed by atoms with van der Waals surface area (Å²) in [5, 5.41) is 12.0. The Kier molecular flexibility index (Phi) is 4.94. The van der Waals surface area contributed by atoms with Gasteiger partial charge in [0.05, 0.1) is 0 Å². The summed E-state index contributed by atoms with van der Waals surface area (Å²) in [5.74, 6) is -0.329. The zero-order chi connectivity index (χ0) is 14.4. The highest BCUT2D eigenvalue weighted by Gasteiger charge is 2.14. The van der Waals surface area contributed by atoms with Crippen LogP contribution < -0.4 is 11.1 Å². The molecule has 0 spiro atoms. The molecule has 0 fully saturated rings. The number of aryl methyl sites for hydroxylation is 1. The van der Waals surface area contributed by atoms with E-state index in [1.54, 1.807) is 0 Å². The van der Waals surface area contributed by atoms with Crippen LogP contribution in [0.5, 0.6) is 0 Å². The molecular formula is C12H16N6OS. The minimum absolute atomic E-state index is 0.0928. The number of carbonyl (C=O) groups excluding carboxylic acids is 1. The Morgan fingerprint density at radius 3 is 2.85 bits per heavy atom. The fraction of sp³-hybridized carbons (Fsp3) is 0.417. The number of unbranched alkanes of at least 4 members (excludes halogenated alkanes) is 2. The van der Waals surface area contributed by atoms with Crippen LogP contribution in [0.15, 0.2) is 12.4 Å². The maximum Gasteiger partial charge on any atom is 0.279 e. The van der Waals surface area contributed by atoms with E-state index in [-0.39, 0.29) is 11.5 Å². The summed E-state index contributed by atoms with van der Waals surface area (Å²) in [6, 6.07) is 0. The van der Waals surface area contributed by atoms with Crippen molar-refractivity contribution < 1.29 is 4.79 Å². The van der Waals surface area contributed by atoms with Gasteiger partial charge < -0.3 is 5.73 Å². The van der Waals surface area contributed by atoms with Crippen molar-refractivity contribution in [2.24, 2.45) is 0 Å². The molecule has 0 radical (unpaired) electrons. The van der Waals surface area contributed by atoms with Crippen LogP contribution in [-0.4, -0.2) is 26.1 Å². The van der Waals surface area contributed by atoms with E-state index in [4.69, 9.17) is 5.73 Å². The van der Waals surface area contributed by atoms with Crippen molar-refractivity contribution in [1.82, 2.24) is 20.2 Å². The van der Waals surface area contributed by atoms with Gasteiger partial charge in [0.15, 0.2) is 11.5 Å². The van der Waals surface area contributed by atoms with Gasteiger partial charge in [-0.25, -0.2) is 9.97 Å². The molecule has 0 atom stereocenters. The van der Waals surface area contributed by atoms with Gasteiger partial charge in [0.25, 0.3) is 5.91 Å². The van der Waals surface area contributed by atoms with Crippen LogP contribution in [0, 0.1) is 0 Å². The third-order valence-electron chi connectivity index (χ3n) is 2.62. The molecule has 0 aliphatic heterocycles. The lowest BCUT2D eigenvalue weighted by Gasteiger charge is -2.01. The molecule has 8 heteroatoms. The van der Waals surface area contributed by atoms with E-state index in [2.05, 4.69) is 32.4 Å². The minimum Gasteiger partial charge on any atom is -0.382 e. The molecule has 2 heterocycles. The molecule has 2 rings (SSSR count). The van der Waals surface area contributed by atoms with Gasteiger partial charge in [-0.2, -0.15) is 0 Å². The number of carbonyl (C=O) groups is 1. The Bertz CT molecular complexity index is 585. The third-order valence-corrected chi connectivity index (χ3v) is 3.52. The van der Waals surface area contributed by atoms with E-state index in [1.165, 1.54) is 23.7 Å². The molecule has 0 aliphatic rings. The van der Waals surface area contributed by atoms with Gasteiger partial charge in [0.1, 0.15) is 5.01 Å². The maximum atomic E-state index is 11.9. The summed E-state index contributed by atoms with van der Waals surface area (Å²) in [7, 11) is 0. The van der Waals surface area contributed by atoms with Crippen LogP contribution in [0.3, 0.4) is 0 Å². The van der Waals surface area contributed by atoms with Crippen molar-refractivity contribution in [3.8, 4) is 0 Å². The molecule has 2 aromatic rings. The van der Waals surface area contributed by atoms with Crippen LogP contribution in [0.1, 0.15) is 41.7 Å². The number of nitrogens with one attached hydrogen (secondary N) is 1. The molecule has 3 N–H and O–H groups in total. The average molecular weight is 292 g/mol. The second kappa shape index (κ2) is 6.90. The summed E-state index contributed by atoms with van der Waals surface area (Å²) < 4.78 is 0. The third kappa shape index (κ3) is 3.70. The molecule has 0 saturated carbocycles. The Morgan fingerprint density at radius 2 is 2.10 bits per heavy atom. The summed E-state index contributed by atoms with van der Waals surface area (Å²) in [4.78, 5) is 19.7. The zero-order valence-electron chi connectivity index (χ0n) is 11.2. The first-order chi connectivity index (χ1) is 9.70. The summed E-state index contributed by atoms with van der Waals surface area (Å²) in [6.07, 6.45) is 7.14. The van der Waals surface area contributed by atoms with Gasteiger partial charge in [0.2, 0.25) is 5.13 Å². The topological polar surface area (TPSA) is 107 Å². The standard InChI is InChI=1S/C12H16N6OS/c1-2-3-4-5-8-17-18-12(20-8)16-11(19)9-10(13)15-7-6-14-9/h6-7H,2-5H2,1H3,(H2,13,15)(H,16,18,19). The first kappa shape index (κ1) is 14.3. The van der Waals surface area contributed by atoms with Crippen molar-refractivity contribution in [1.29, 1.82) is 0 Å². The van der Waals surface area contributed by atoms with E-state index < -0.39 is 5.91 Å². The number of rotatable bonds is 6. The van der Waals surface area contributed by atoms with Gasteiger partial charge in [-0.3, -0.25) is 10.1 Å². The van der Waals surface area contributed by atoms with Crippen molar-refractivity contribution in [3.05, 3.63) is 23.1 Å². The second-order valence-electron chi connectivity index (χ2n) is 4.20. The number of hydrogen-bond acceptors (Lipinski definition) is 7. The van der Waals surface area contributed by atoms with Crippen molar-refractivity contribution in [2.75, 3.05) is 11.1 Å². The molecule has 106 valence electrons. The maximum absolute atomic E-state index is 11.9. The van der Waals surface area contributed by atoms with Gasteiger partial charge in [-0.1, -0.05) is 31.1 Å². The van der Waals surface area contributed by atoms with Crippen LogP contribution in [-0.2, 0) is 6.42 Å². The molecule has 20 heavy (non-hydrogen) atoms. The average Bonchev–Trinajstić information content (AvgIpc) is 2.87. The van der Waals surface area contributed by atoms with Gasteiger partial charge in [-0.05, 0) is 6.42 Å². The predicted molar refractivity (Wildman–Crippen MR) is 77.5 cm³/mol. The van der Waals surface area contributed by atoms with E-state index in [0.29, 0.717) is 5.13 Å². The summed E-state index contributed by atoms with van der Waals surface area (Å²) in [5.41, 5.74) is 5.69. The van der Waals surface area contributed by atoms with Crippen molar-refractivity contribution in [2.45, 2.75) is 32.6 Å². The van der Waals surface area contributed by atoms with Gasteiger partial charge >= 0.3 is 0 Å². The van der Waals surface area contributed by atoms with Crippen LogP contribution in [0.25, 0.3) is 0 Å². The Labute approximate surface area is 120 Å². The lowest BCUT2D eigenvalue weighted by Crippen LogP contribution is -2.16. The number of anilines is 2. The second-order valence-corrected chi connectivity index (χ2v) is 5.26. The van der Waals surface area contributed by atoms with Crippen molar-refractivity contribution in [3.63, 3.8) is 0 Å². The number of aromatic nitrogens is 4. The highest BCUT2D eigenvalue weighted by atomic mass is 32.1. The Balaban J connectivity index is 1.97. The summed E-state index contributed by atoms with van der Waals surface area (Å²) in [6.45, 7) is 2.15. The Morgan fingerprint density at radius 1 is 1.30 bits per heavy atom. The van der Waals surface area contributed by atoms with Gasteiger partial charge in [0, 0.05) is 18.8 Å². The van der Waals surface area contributed by atoms with Gasteiger partial charge in [-0.15, -0.1) is 10.2 Å². The summed E-state index contributed by atoms with van der Waals surface area (Å²) >= 11 is 1.37. The number of nitrogens with two attached hydrogens (primary N) is 1. The normalized spacial score (nSPS) is 10.4. The smallest absolute Gasteiger partial charge is 0.279 e. The van der Waals surface area contributed by atoms with Crippen LogP contribution >= 0.6 is 11.3 Å². The van der Waals surface area contributed by atoms with Crippen molar-refractivity contribution >= 4 is 28.2 Å². The first-order valence-corrected chi connectivity index (χ1v) is 7.22. The molecule has 0 aromatic carbocycles. The SMILES string of the molecule is CCCCCc1nnc(NC(=O)c2nccnc2N)s1. The number of amides is 1. The van der Waals surface area contributed by atoms with E-state index in [0.717, 1.165) is 30.7 Å². The fourth-order valence-corrected chi connectivity index (χ4v) is 2.39. The monoisotopic (exact) mass is 292 g/mol. The van der Waals surface area contributed by atoms with E-state index in [1.807, 2.05) is 0 Å². The van der Waals surface area contributed by atoms with Crippen LogP contribution in [0.2, 0.25) is 0 Å². The number of hydrogen-bond donors (Lipinski definition) is 2. The molecule has 0 unspecified atom stereocenters. The predicted octanol–water partition coefficient (Wildman–Crippen LogP) is 1.90. The van der Waals surface area contributed by atoms with E-state index >= 15 is 0 Å². The molecule has 0 saturated heterocycles. The quantitative estimate of drug-likeness (QED) is 0.787. The lowest BCUT2D eigenvalue weighted by molar-refractivity contribution is 0.102. The highest BCUT2D eigenvalue weighted by molar-refractivity contribution is 7.15. The molecule has 2 aromatic heterocycles. The number of nitrogens with zero attached hydrogens (tertiary/aromatic N) is 4. The molecule has 7 nitrogen and oxygen atoms in total. The minimum atomic E-state index is -0.424. The molecule has 1 amide bonds. The largest absolute Gasteiger partial charge is 0.382 e. The number of nitrogen functional groups attached to an aromatic ring is 1. The molecule has 0 aliphatic carbocycles. The molecule has 0 bridgehead atoms. The Hall–Kier alpha value is -2.09. The molecular weight excluding hydrogens is 276 g/mol. The highest BCUT2D eigenvalue weighted by Crippen LogP contribution is 2.18.